The summed E-state index contributed by atoms with van der Waals surface area (Å²) in [7, 11) is 0. The first-order valence-corrected chi connectivity index (χ1v) is 5.64. The summed E-state index contributed by atoms with van der Waals surface area (Å²) >= 11 is 6.04. The molecule has 1 aliphatic heterocycles. The molecular weight excluding hydrogens is 212 g/mol. The molecule has 5 heteroatoms. The van der Waals surface area contributed by atoms with E-state index in [1.54, 1.807) is 6.33 Å². The van der Waals surface area contributed by atoms with Crippen LogP contribution in [0.4, 0.5) is 0 Å². The minimum Gasteiger partial charge on any atom is -0.311 e. The topological polar surface area (TPSA) is 42.7 Å². The lowest BCUT2D eigenvalue weighted by Gasteiger charge is -2.17. The highest BCUT2D eigenvalue weighted by Crippen LogP contribution is 2.11. The number of halogens is 1. The molecule has 0 saturated heterocycles. The number of nitrogens with one attached hydrogen (secondary N) is 1. The first-order valence-electron chi connectivity index (χ1n) is 5.20. The zero-order valence-corrected chi connectivity index (χ0v) is 9.54. The standard InChI is InChI=1S/C10H15ClN4/c1-2-15-10(13-7-14-15)4-8-3-9(11)6-12-5-8/h3,7,9,12H,2,4-6H2,1H3. The highest BCUT2D eigenvalue weighted by molar-refractivity contribution is 6.22. The average Bonchev–Trinajstić information content (AvgIpc) is 2.65. The van der Waals surface area contributed by atoms with Crippen LogP contribution in [0, 0.1) is 0 Å². The van der Waals surface area contributed by atoms with E-state index in [1.807, 2.05) is 4.68 Å². The average molecular weight is 227 g/mol. The van der Waals surface area contributed by atoms with Crippen LogP contribution in [0.3, 0.4) is 0 Å². The third kappa shape index (κ3) is 2.58. The van der Waals surface area contributed by atoms with Crippen molar-refractivity contribution in [3.63, 3.8) is 0 Å². The summed E-state index contributed by atoms with van der Waals surface area (Å²) in [6.07, 6.45) is 4.56. The SMILES string of the molecule is CCn1ncnc1CC1=CC(Cl)CNC1. The van der Waals surface area contributed by atoms with Crippen LogP contribution in [0.2, 0.25) is 0 Å². The largest absolute Gasteiger partial charge is 0.311 e. The molecule has 4 nitrogen and oxygen atoms in total. The van der Waals surface area contributed by atoms with E-state index < -0.39 is 0 Å². The van der Waals surface area contributed by atoms with Crippen LogP contribution in [0.1, 0.15) is 12.7 Å². The molecule has 0 spiro atoms. The smallest absolute Gasteiger partial charge is 0.138 e. The van der Waals surface area contributed by atoms with Gasteiger partial charge in [-0.2, -0.15) is 5.10 Å². The highest BCUT2D eigenvalue weighted by atomic mass is 35.5. The maximum atomic E-state index is 6.04. The maximum absolute atomic E-state index is 6.04. The molecule has 0 bridgehead atoms. The Balaban J connectivity index is 2.08. The van der Waals surface area contributed by atoms with Gasteiger partial charge >= 0.3 is 0 Å². The van der Waals surface area contributed by atoms with Crippen LogP contribution < -0.4 is 5.32 Å². The fourth-order valence-corrected chi connectivity index (χ4v) is 2.05. The minimum absolute atomic E-state index is 0.103. The van der Waals surface area contributed by atoms with E-state index in [4.69, 9.17) is 11.6 Å². The number of aromatic nitrogens is 3. The third-order valence-corrected chi connectivity index (χ3v) is 2.77. The predicted molar refractivity (Wildman–Crippen MR) is 60.0 cm³/mol. The Morgan fingerprint density at radius 2 is 2.53 bits per heavy atom. The molecule has 0 aliphatic carbocycles. The Bertz CT molecular complexity index is 358. The van der Waals surface area contributed by atoms with Gasteiger partial charge in [0.25, 0.3) is 0 Å². The van der Waals surface area contributed by atoms with Crippen molar-refractivity contribution in [3.8, 4) is 0 Å². The Morgan fingerprint density at radius 1 is 1.67 bits per heavy atom. The molecule has 1 aliphatic rings. The van der Waals surface area contributed by atoms with Crippen molar-refractivity contribution < 1.29 is 0 Å². The lowest BCUT2D eigenvalue weighted by Crippen LogP contribution is -2.30. The fourth-order valence-electron chi connectivity index (χ4n) is 1.76. The predicted octanol–water partition coefficient (Wildman–Crippen LogP) is 0.977. The normalized spacial score (nSPS) is 21.5. The summed E-state index contributed by atoms with van der Waals surface area (Å²) in [5.41, 5.74) is 1.30. The van der Waals surface area contributed by atoms with E-state index in [9.17, 15) is 0 Å². The van der Waals surface area contributed by atoms with Crippen LogP contribution in [0.15, 0.2) is 18.0 Å². The van der Waals surface area contributed by atoms with Gasteiger partial charge in [-0.05, 0) is 6.92 Å². The van der Waals surface area contributed by atoms with Crippen molar-refractivity contribution >= 4 is 11.6 Å². The van der Waals surface area contributed by atoms with Gasteiger partial charge in [-0.3, -0.25) is 4.68 Å². The van der Waals surface area contributed by atoms with Crippen molar-refractivity contribution in [1.29, 1.82) is 0 Å². The van der Waals surface area contributed by atoms with Gasteiger partial charge in [-0.15, -0.1) is 11.6 Å². The molecule has 1 N–H and O–H groups in total. The van der Waals surface area contributed by atoms with Gasteiger partial charge in [-0.1, -0.05) is 11.6 Å². The van der Waals surface area contributed by atoms with E-state index in [-0.39, 0.29) is 5.38 Å². The van der Waals surface area contributed by atoms with Gasteiger partial charge in [0, 0.05) is 26.1 Å². The Kier molecular flexibility index (Phi) is 3.38. The zero-order chi connectivity index (χ0) is 10.7. The summed E-state index contributed by atoms with van der Waals surface area (Å²) in [5, 5.41) is 7.52. The molecule has 1 aromatic heterocycles. The van der Waals surface area contributed by atoms with Crippen LogP contribution in [0.25, 0.3) is 0 Å². The fraction of sp³-hybridized carbons (Fsp3) is 0.600. The second-order valence-electron chi connectivity index (χ2n) is 3.64. The molecule has 1 unspecified atom stereocenters. The number of aryl methyl sites for hydroxylation is 1. The minimum atomic E-state index is 0.103. The molecule has 0 radical (unpaired) electrons. The lowest BCUT2D eigenvalue weighted by molar-refractivity contribution is 0.612. The molecule has 0 saturated carbocycles. The van der Waals surface area contributed by atoms with Crippen molar-refractivity contribution in [3.05, 3.63) is 23.8 Å². The van der Waals surface area contributed by atoms with Gasteiger partial charge < -0.3 is 5.32 Å². The number of alkyl halides is 1. The third-order valence-electron chi connectivity index (χ3n) is 2.49. The highest BCUT2D eigenvalue weighted by Gasteiger charge is 2.12. The molecule has 0 fully saturated rings. The van der Waals surface area contributed by atoms with Crippen molar-refractivity contribution in [1.82, 2.24) is 20.1 Å². The first-order chi connectivity index (χ1) is 7.29. The van der Waals surface area contributed by atoms with Crippen LogP contribution in [0.5, 0.6) is 0 Å². The molecule has 1 aromatic rings. The number of hydrogen-bond donors (Lipinski definition) is 1. The molecule has 0 aromatic carbocycles. The summed E-state index contributed by atoms with van der Waals surface area (Å²) in [5.74, 6) is 1.01. The van der Waals surface area contributed by atoms with E-state index in [0.29, 0.717) is 0 Å². The number of rotatable bonds is 3. The molecule has 2 rings (SSSR count). The van der Waals surface area contributed by atoms with Gasteiger partial charge in [0.1, 0.15) is 12.2 Å². The van der Waals surface area contributed by atoms with Crippen LogP contribution >= 0.6 is 11.6 Å². The van der Waals surface area contributed by atoms with Crippen molar-refractivity contribution in [2.45, 2.75) is 25.3 Å². The summed E-state index contributed by atoms with van der Waals surface area (Å²) in [4.78, 5) is 4.25. The molecule has 1 atom stereocenters. The molecule has 82 valence electrons. The van der Waals surface area contributed by atoms with Crippen LogP contribution in [-0.2, 0) is 13.0 Å². The quantitative estimate of drug-likeness (QED) is 0.617. The molecule has 0 amide bonds. The van der Waals surface area contributed by atoms with E-state index in [2.05, 4.69) is 28.4 Å². The lowest BCUT2D eigenvalue weighted by atomic mass is 10.1. The van der Waals surface area contributed by atoms with Gasteiger partial charge in [0.05, 0.1) is 5.38 Å². The molecule has 2 heterocycles. The zero-order valence-electron chi connectivity index (χ0n) is 8.78. The van der Waals surface area contributed by atoms with E-state index in [1.165, 1.54) is 5.57 Å². The Labute approximate surface area is 94.3 Å². The van der Waals surface area contributed by atoms with Gasteiger partial charge in [0.2, 0.25) is 0 Å². The van der Waals surface area contributed by atoms with E-state index >= 15 is 0 Å². The van der Waals surface area contributed by atoms with Crippen molar-refractivity contribution in [2.24, 2.45) is 0 Å². The second-order valence-corrected chi connectivity index (χ2v) is 4.20. The molecular formula is C10H15ClN4. The van der Waals surface area contributed by atoms with E-state index in [0.717, 1.165) is 31.9 Å². The summed E-state index contributed by atoms with van der Waals surface area (Å²) in [6, 6.07) is 0. The van der Waals surface area contributed by atoms with Gasteiger partial charge in [0.15, 0.2) is 0 Å². The summed E-state index contributed by atoms with van der Waals surface area (Å²) < 4.78 is 1.92. The second kappa shape index (κ2) is 4.77. The van der Waals surface area contributed by atoms with Crippen LogP contribution in [-0.4, -0.2) is 33.2 Å². The Morgan fingerprint density at radius 3 is 3.27 bits per heavy atom. The number of nitrogens with zero attached hydrogens (tertiary/aromatic N) is 3. The first kappa shape index (κ1) is 10.6. The summed E-state index contributed by atoms with van der Waals surface area (Å²) in [6.45, 7) is 4.68. The monoisotopic (exact) mass is 226 g/mol. The van der Waals surface area contributed by atoms with Crippen molar-refractivity contribution in [2.75, 3.05) is 13.1 Å². The number of hydrogen-bond acceptors (Lipinski definition) is 3. The Hall–Kier alpha value is -0.870. The van der Waals surface area contributed by atoms with Gasteiger partial charge in [-0.25, -0.2) is 4.98 Å². The maximum Gasteiger partial charge on any atom is 0.138 e. The molecule has 15 heavy (non-hydrogen) atoms.